The lowest BCUT2D eigenvalue weighted by Gasteiger charge is -2.36. The molecule has 0 radical (unpaired) electrons. The maximum absolute atomic E-state index is 10.6. The van der Waals surface area contributed by atoms with Gasteiger partial charge in [-0.25, -0.2) is 0 Å². The van der Waals surface area contributed by atoms with Crippen LogP contribution in [0, 0.1) is 5.41 Å². The van der Waals surface area contributed by atoms with E-state index in [0.29, 0.717) is 11.5 Å². The van der Waals surface area contributed by atoms with E-state index in [9.17, 15) is 4.79 Å². The molecule has 3 N–H and O–H groups in total. The Morgan fingerprint density at radius 3 is 2.67 bits per heavy atom. The van der Waals surface area contributed by atoms with Crippen LogP contribution in [-0.2, 0) is 4.79 Å². The molecule has 1 heterocycles. The minimum absolute atomic E-state index is 0.202. The predicted molar refractivity (Wildman–Crippen MR) is 57.6 cm³/mol. The summed E-state index contributed by atoms with van der Waals surface area (Å²) in [4.78, 5) is 12.7. The van der Waals surface area contributed by atoms with Gasteiger partial charge >= 0.3 is 5.97 Å². The molecule has 1 aliphatic carbocycles. The van der Waals surface area contributed by atoms with E-state index in [1.54, 1.807) is 0 Å². The predicted octanol–water partition coefficient (Wildman–Crippen LogP) is 0.664. The number of rotatable bonds is 2. The summed E-state index contributed by atoms with van der Waals surface area (Å²) in [6.07, 6.45) is 5.75. The molecule has 86 valence electrons. The summed E-state index contributed by atoms with van der Waals surface area (Å²) >= 11 is 0. The Morgan fingerprint density at radius 1 is 1.40 bits per heavy atom. The highest BCUT2D eigenvalue weighted by Gasteiger charge is 2.40. The van der Waals surface area contributed by atoms with Crippen molar-refractivity contribution in [3.05, 3.63) is 0 Å². The summed E-state index contributed by atoms with van der Waals surface area (Å²) in [6.45, 7) is 2.11. The molecule has 2 aliphatic rings. The van der Waals surface area contributed by atoms with Gasteiger partial charge < -0.3 is 10.8 Å². The van der Waals surface area contributed by atoms with Crippen molar-refractivity contribution in [1.82, 2.24) is 4.90 Å². The fourth-order valence-corrected chi connectivity index (χ4v) is 3.01. The zero-order valence-corrected chi connectivity index (χ0v) is 9.11. The van der Waals surface area contributed by atoms with Crippen molar-refractivity contribution in [2.75, 3.05) is 19.6 Å². The van der Waals surface area contributed by atoms with E-state index in [-0.39, 0.29) is 6.54 Å². The molecule has 0 aromatic carbocycles. The molecule has 0 aromatic heterocycles. The van der Waals surface area contributed by atoms with Crippen LogP contribution in [-0.4, -0.2) is 41.7 Å². The zero-order chi connectivity index (χ0) is 10.9. The molecule has 1 saturated carbocycles. The third-order valence-corrected chi connectivity index (χ3v) is 3.97. The van der Waals surface area contributed by atoms with Crippen molar-refractivity contribution >= 4 is 5.97 Å². The number of hydrogen-bond acceptors (Lipinski definition) is 3. The summed E-state index contributed by atoms with van der Waals surface area (Å²) in [5.41, 5.74) is 6.29. The second kappa shape index (κ2) is 4.10. The molecule has 2 rings (SSSR count). The van der Waals surface area contributed by atoms with E-state index in [0.717, 1.165) is 32.4 Å². The van der Waals surface area contributed by atoms with Gasteiger partial charge in [0.15, 0.2) is 0 Å². The normalized spacial score (nSPS) is 37.3. The van der Waals surface area contributed by atoms with E-state index in [1.165, 1.54) is 12.8 Å². The van der Waals surface area contributed by atoms with Crippen LogP contribution in [0.3, 0.4) is 0 Å². The summed E-state index contributed by atoms with van der Waals surface area (Å²) in [6, 6.07) is 0.379. The van der Waals surface area contributed by atoms with Crippen molar-refractivity contribution in [3.8, 4) is 0 Å². The van der Waals surface area contributed by atoms with E-state index in [1.807, 2.05) is 0 Å². The van der Waals surface area contributed by atoms with Gasteiger partial charge in [-0.1, -0.05) is 0 Å². The smallest absolute Gasteiger partial charge is 0.317 e. The van der Waals surface area contributed by atoms with Crippen LogP contribution in [0.1, 0.15) is 32.1 Å². The quantitative estimate of drug-likeness (QED) is 0.706. The molecule has 1 spiro atoms. The Bertz CT molecular complexity index is 247. The zero-order valence-electron chi connectivity index (χ0n) is 9.11. The molecular weight excluding hydrogens is 192 g/mol. The Hall–Kier alpha value is -0.610. The van der Waals surface area contributed by atoms with Gasteiger partial charge in [-0.05, 0) is 44.1 Å². The summed E-state index contributed by atoms with van der Waals surface area (Å²) in [5, 5.41) is 8.74. The molecule has 0 unspecified atom stereocenters. The van der Waals surface area contributed by atoms with Gasteiger partial charge in [0.25, 0.3) is 0 Å². The highest BCUT2D eigenvalue weighted by Crippen LogP contribution is 2.43. The van der Waals surface area contributed by atoms with Gasteiger partial charge in [-0.2, -0.15) is 0 Å². The van der Waals surface area contributed by atoms with Gasteiger partial charge in [-0.15, -0.1) is 0 Å². The lowest BCUT2D eigenvalue weighted by atomic mass is 9.72. The number of carbonyl (C=O) groups is 1. The van der Waals surface area contributed by atoms with Crippen LogP contribution in [0.25, 0.3) is 0 Å². The first kappa shape index (κ1) is 10.9. The molecule has 0 bridgehead atoms. The summed E-state index contributed by atoms with van der Waals surface area (Å²) < 4.78 is 0. The number of nitrogens with two attached hydrogens (primary N) is 1. The van der Waals surface area contributed by atoms with E-state index in [4.69, 9.17) is 10.8 Å². The highest BCUT2D eigenvalue weighted by atomic mass is 16.4. The van der Waals surface area contributed by atoms with Crippen molar-refractivity contribution < 1.29 is 9.90 Å². The van der Waals surface area contributed by atoms with E-state index >= 15 is 0 Å². The number of carboxylic acids is 1. The Labute approximate surface area is 90.4 Å². The number of aliphatic carboxylic acids is 1. The van der Waals surface area contributed by atoms with Gasteiger partial charge in [0.05, 0.1) is 6.54 Å². The maximum Gasteiger partial charge on any atom is 0.317 e. The highest BCUT2D eigenvalue weighted by molar-refractivity contribution is 5.69. The molecule has 1 aliphatic heterocycles. The fourth-order valence-electron chi connectivity index (χ4n) is 3.01. The van der Waals surface area contributed by atoms with Gasteiger partial charge in [-0.3, -0.25) is 9.69 Å². The minimum atomic E-state index is -0.709. The lowest BCUT2D eigenvalue weighted by Crippen LogP contribution is -2.37. The molecule has 0 aromatic rings. The monoisotopic (exact) mass is 212 g/mol. The molecule has 2 fully saturated rings. The molecule has 0 amide bonds. The maximum atomic E-state index is 10.6. The minimum Gasteiger partial charge on any atom is -0.480 e. The average molecular weight is 212 g/mol. The molecule has 4 nitrogen and oxygen atoms in total. The SMILES string of the molecule is NC1CCC2(CC1)CCN(CC(=O)O)C2. The topological polar surface area (TPSA) is 66.6 Å². The molecule has 0 atom stereocenters. The van der Waals surface area contributed by atoms with Crippen molar-refractivity contribution in [2.24, 2.45) is 11.1 Å². The largest absolute Gasteiger partial charge is 0.480 e. The first-order valence-corrected chi connectivity index (χ1v) is 5.79. The third kappa shape index (κ3) is 2.49. The van der Waals surface area contributed by atoms with Crippen molar-refractivity contribution in [3.63, 3.8) is 0 Å². The van der Waals surface area contributed by atoms with E-state index in [2.05, 4.69) is 4.90 Å². The number of carboxylic acid groups (broad SMARTS) is 1. The van der Waals surface area contributed by atoms with Gasteiger partial charge in [0, 0.05) is 12.6 Å². The first-order valence-electron chi connectivity index (χ1n) is 5.79. The van der Waals surface area contributed by atoms with E-state index < -0.39 is 5.97 Å². The second-order valence-electron chi connectivity index (χ2n) is 5.19. The van der Waals surface area contributed by atoms with Crippen LogP contribution in [0.4, 0.5) is 0 Å². The first-order chi connectivity index (χ1) is 7.10. The van der Waals surface area contributed by atoms with Gasteiger partial charge in [0.2, 0.25) is 0 Å². The van der Waals surface area contributed by atoms with Crippen LogP contribution in [0.2, 0.25) is 0 Å². The number of nitrogens with zero attached hydrogens (tertiary/aromatic N) is 1. The third-order valence-electron chi connectivity index (χ3n) is 3.97. The standard InChI is InChI=1S/C11H20N2O2/c12-9-1-3-11(4-2-9)5-6-13(8-11)7-10(14)15/h9H,1-8,12H2,(H,14,15). The fraction of sp³-hybridized carbons (Fsp3) is 0.909. The average Bonchev–Trinajstić information content (AvgIpc) is 2.54. The molecule has 15 heavy (non-hydrogen) atoms. The molecule has 1 saturated heterocycles. The number of likely N-dealkylation sites (tertiary alicyclic amines) is 1. The second-order valence-corrected chi connectivity index (χ2v) is 5.19. The van der Waals surface area contributed by atoms with Crippen molar-refractivity contribution in [2.45, 2.75) is 38.1 Å². The number of hydrogen-bond donors (Lipinski definition) is 2. The molecular formula is C11H20N2O2. The van der Waals surface area contributed by atoms with Gasteiger partial charge in [0.1, 0.15) is 0 Å². The van der Waals surface area contributed by atoms with Crippen molar-refractivity contribution in [1.29, 1.82) is 0 Å². The summed E-state index contributed by atoms with van der Waals surface area (Å²) in [7, 11) is 0. The Balaban J connectivity index is 1.88. The summed E-state index contributed by atoms with van der Waals surface area (Å²) in [5.74, 6) is -0.709. The van der Waals surface area contributed by atoms with Crippen LogP contribution in [0.5, 0.6) is 0 Å². The van der Waals surface area contributed by atoms with Crippen LogP contribution >= 0.6 is 0 Å². The van der Waals surface area contributed by atoms with Crippen LogP contribution < -0.4 is 5.73 Å². The Morgan fingerprint density at radius 2 is 2.07 bits per heavy atom. The molecule has 4 heteroatoms. The Kier molecular flexibility index (Phi) is 2.98. The lowest BCUT2D eigenvalue weighted by molar-refractivity contribution is -0.138. The van der Waals surface area contributed by atoms with Crippen LogP contribution in [0.15, 0.2) is 0 Å².